The molecule has 0 amide bonds. The molecule has 2 N–H and O–H groups in total. The smallest absolute Gasteiger partial charge is 0.239 e. The molecule has 1 atom stereocenters. The average molecular weight is 284 g/mol. The summed E-state index contributed by atoms with van der Waals surface area (Å²) in [5.41, 5.74) is 7.77. The minimum atomic E-state index is 0.346. The van der Waals surface area contributed by atoms with E-state index in [1.165, 1.54) is 5.56 Å². The molecule has 1 fully saturated rings. The van der Waals surface area contributed by atoms with Gasteiger partial charge < -0.3 is 15.4 Å². The summed E-state index contributed by atoms with van der Waals surface area (Å²) in [7, 11) is 0. The highest BCUT2D eigenvalue weighted by molar-refractivity contribution is 5.55. The first-order valence-electron chi connectivity index (χ1n) is 7.35. The summed E-state index contributed by atoms with van der Waals surface area (Å²) in [6, 6.07) is 8.33. The van der Waals surface area contributed by atoms with E-state index in [9.17, 15) is 0 Å². The Kier molecular flexibility index (Phi) is 3.90. The molecule has 0 radical (unpaired) electrons. The van der Waals surface area contributed by atoms with Crippen molar-refractivity contribution in [3.05, 3.63) is 42.2 Å². The van der Waals surface area contributed by atoms with E-state index in [-0.39, 0.29) is 0 Å². The van der Waals surface area contributed by atoms with Gasteiger partial charge in [0.05, 0.1) is 18.3 Å². The fourth-order valence-corrected chi connectivity index (χ4v) is 2.83. The van der Waals surface area contributed by atoms with Crippen molar-refractivity contribution in [2.75, 3.05) is 23.8 Å². The minimum Gasteiger partial charge on any atom is -0.476 e. The predicted molar refractivity (Wildman–Crippen MR) is 83.4 cm³/mol. The topological polar surface area (TPSA) is 64.3 Å². The van der Waals surface area contributed by atoms with Gasteiger partial charge >= 0.3 is 0 Å². The van der Waals surface area contributed by atoms with Crippen molar-refractivity contribution in [1.29, 1.82) is 0 Å². The first kappa shape index (κ1) is 13.7. The summed E-state index contributed by atoms with van der Waals surface area (Å²) in [4.78, 5) is 11.0. The lowest BCUT2D eigenvalue weighted by molar-refractivity contribution is 0.329. The lowest BCUT2D eigenvalue weighted by atomic mass is 10.1. The van der Waals surface area contributed by atoms with Crippen LogP contribution in [0.2, 0.25) is 0 Å². The molecule has 1 aliphatic heterocycles. The highest BCUT2D eigenvalue weighted by Gasteiger charge is 2.27. The van der Waals surface area contributed by atoms with Crippen LogP contribution in [-0.2, 0) is 0 Å². The molecule has 2 aromatic heterocycles. The lowest BCUT2D eigenvalue weighted by Crippen LogP contribution is -2.23. The fraction of sp³-hybridized carbons (Fsp3) is 0.375. The van der Waals surface area contributed by atoms with Crippen LogP contribution in [0, 0.1) is 0 Å². The van der Waals surface area contributed by atoms with Crippen LogP contribution >= 0.6 is 0 Å². The zero-order chi connectivity index (χ0) is 14.7. The second-order valence-electron chi connectivity index (χ2n) is 5.13. The monoisotopic (exact) mass is 284 g/mol. The summed E-state index contributed by atoms with van der Waals surface area (Å²) in [5, 5.41) is 0. The van der Waals surface area contributed by atoms with Gasteiger partial charge in [0.1, 0.15) is 5.82 Å². The number of pyridine rings is 2. The van der Waals surface area contributed by atoms with Gasteiger partial charge in [-0.1, -0.05) is 0 Å². The summed E-state index contributed by atoms with van der Waals surface area (Å²) < 4.78 is 5.51. The number of anilines is 2. The van der Waals surface area contributed by atoms with Gasteiger partial charge in [-0.2, -0.15) is 4.98 Å². The molecule has 5 nitrogen and oxygen atoms in total. The van der Waals surface area contributed by atoms with Crippen molar-refractivity contribution < 1.29 is 4.74 Å². The summed E-state index contributed by atoms with van der Waals surface area (Å²) >= 11 is 0. The molecule has 110 valence electrons. The Bertz CT molecular complexity index is 602. The fourth-order valence-electron chi connectivity index (χ4n) is 2.83. The van der Waals surface area contributed by atoms with Crippen molar-refractivity contribution in [3.63, 3.8) is 0 Å². The highest BCUT2D eigenvalue weighted by Crippen LogP contribution is 2.36. The molecule has 0 saturated carbocycles. The number of ether oxygens (including phenoxy) is 1. The van der Waals surface area contributed by atoms with Gasteiger partial charge in [0.25, 0.3) is 0 Å². The minimum absolute atomic E-state index is 0.346. The first-order valence-corrected chi connectivity index (χ1v) is 7.35. The van der Waals surface area contributed by atoms with Crippen LogP contribution in [0.3, 0.4) is 0 Å². The number of nitrogens with two attached hydrogens (primary N) is 1. The van der Waals surface area contributed by atoms with Crippen LogP contribution in [0.5, 0.6) is 5.88 Å². The molecule has 0 aromatic carbocycles. The standard InChI is InChI=1S/C16H20N4O/c1-2-21-16-13(17)5-6-15(19-16)20-11-3-4-14(20)12-7-9-18-10-8-12/h5-10,14H,2-4,11,17H2,1H3. The average Bonchev–Trinajstić information content (AvgIpc) is 3.00. The largest absolute Gasteiger partial charge is 0.476 e. The van der Waals surface area contributed by atoms with E-state index >= 15 is 0 Å². The predicted octanol–water partition coefficient (Wildman–Crippen LogP) is 2.80. The maximum absolute atomic E-state index is 5.91. The van der Waals surface area contributed by atoms with Crippen LogP contribution < -0.4 is 15.4 Å². The number of nitrogen functional groups attached to an aromatic ring is 1. The van der Waals surface area contributed by atoms with Gasteiger partial charge in [-0.15, -0.1) is 0 Å². The Hall–Kier alpha value is -2.30. The van der Waals surface area contributed by atoms with Gasteiger partial charge in [0.2, 0.25) is 5.88 Å². The van der Waals surface area contributed by atoms with Crippen molar-refractivity contribution >= 4 is 11.5 Å². The number of aromatic nitrogens is 2. The van der Waals surface area contributed by atoms with Crippen LogP contribution in [0.4, 0.5) is 11.5 Å². The van der Waals surface area contributed by atoms with Crippen LogP contribution in [0.1, 0.15) is 31.4 Å². The maximum Gasteiger partial charge on any atom is 0.239 e. The second kappa shape index (κ2) is 5.99. The Labute approximate surface area is 124 Å². The summed E-state index contributed by atoms with van der Waals surface area (Å²) in [6.07, 6.45) is 5.96. The van der Waals surface area contributed by atoms with Crippen LogP contribution in [-0.4, -0.2) is 23.1 Å². The molecule has 0 aliphatic carbocycles. The van der Waals surface area contributed by atoms with E-state index in [1.807, 2.05) is 31.5 Å². The molecule has 21 heavy (non-hydrogen) atoms. The zero-order valence-electron chi connectivity index (χ0n) is 12.2. The number of nitrogens with zero attached hydrogens (tertiary/aromatic N) is 3. The van der Waals surface area contributed by atoms with Crippen LogP contribution in [0.25, 0.3) is 0 Å². The number of hydrogen-bond acceptors (Lipinski definition) is 5. The quantitative estimate of drug-likeness (QED) is 0.935. The summed E-state index contributed by atoms with van der Waals surface area (Å²) in [5.74, 6) is 1.45. The third kappa shape index (κ3) is 2.77. The van der Waals surface area contributed by atoms with Gasteiger partial charge in [0.15, 0.2) is 0 Å². The molecule has 3 heterocycles. The summed E-state index contributed by atoms with van der Waals surface area (Å²) in [6.45, 7) is 3.49. The number of hydrogen-bond donors (Lipinski definition) is 1. The molecule has 1 aliphatic rings. The molecule has 1 saturated heterocycles. The van der Waals surface area contributed by atoms with Crippen molar-refractivity contribution in [3.8, 4) is 5.88 Å². The molecule has 3 rings (SSSR count). The molecule has 0 spiro atoms. The molecule has 2 aromatic rings. The second-order valence-corrected chi connectivity index (χ2v) is 5.13. The van der Waals surface area contributed by atoms with Crippen molar-refractivity contribution in [1.82, 2.24) is 9.97 Å². The zero-order valence-corrected chi connectivity index (χ0v) is 12.2. The van der Waals surface area contributed by atoms with Gasteiger partial charge in [-0.3, -0.25) is 4.98 Å². The Morgan fingerprint density at radius 3 is 2.86 bits per heavy atom. The van der Waals surface area contributed by atoms with E-state index in [4.69, 9.17) is 10.5 Å². The third-order valence-corrected chi connectivity index (χ3v) is 3.79. The molecule has 1 unspecified atom stereocenters. The SMILES string of the molecule is CCOc1nc(N2CCCC2c2ccncc2)ccc1N. The highest BCUT2D eigenvalue weighted by atomic mass is 16.5. The van der Waals surface area contributed by atoms with Gasteiger partial charge in [-0.25, -0.2) is 0 Å². The van der Waals surface area contributed by atoms with E-state index in [0.717, 1.165) is 25.2 Å². The maximum atomic E-state index is 5.91. The Morgan fingerprint density at radius 1 is 1.29 bits per heavy atom. The van der Waals surface area contributed by atoms with E-state index in [0.29, 0.717) is 24.2 Å². The lowest BCUT2D eigenvalue weighted by Gasteiger charge is -2.26. The molecule has 0 bridgehead atoms. The Morgan fingerprint density at radius 2 is 2.10 bits per heavy atom. The van der Waals surface area contributed by atoms with Crippen molar-refractivity contribution in [2.24, 2.45) is 0 Å². The third-order valence-electron chi connectivity index (χ3n) is 3.79. The molecule has 5 heteroatoms. The first-order chi connectivity index (χ1) is 10.3. The molecular formula is C16H20N4O. The van der Waals surface area contributed by atoms with Gasteiger partial charge in [-0.05, 0) is 49.6 Å². The number of rotatable bonds is 4. The van der Waals surface area contributed by atoms with E-state index in [2.05, 4.69) is 27.0 Å². The Balaban J connectivity index is 1.90. The normalized spacial score (nSPS) is 18.0. The van der Waals surface area contributed by atoms with Crippen LogP contribution in [0.15, 0.2) is 36.7 Å². The van der Waals surface area contributed by atoms with Crippen molar-refractivity contribution in [2.45, 2.75) is 25.8 Å². The van der Waals surface area contributed by atoms with Gasteiger partial charge in [0, 0.05) is 18.9 Å². The van der Waals surface area contributed by atoms with E-state index in [1.54, 1.807) is 0 Å². The van der Waals surface area contributed by atoms with E-state index < -0.39 is 0 Å². The molecular weight excluding hydrogens is 264 g/mol.